The number of aryl methyl sites for hydroxylation is 1. The zero-order valence-electron chi connectivity index (χ0n) is 11.9. The molecule has 1 aromatic heterocycles. The molecule has 0 radical (unpaired) electrons. The molecule has 2 heterocycles. The first kappa shape index (κ1) is 14.5. The summed E-state index contributed by atoms with van der Waals surface area (Å²) in [4.78, 5) is 4.56. The van der Waals surface area contributed by atoms with Gasteiger partial charge >= 0.3 is 0 Å². The Kier molecular flexibility index (Phi) is 4.23. The summed E-state index contributed by atoms with van der Waals surface area (Å²) in [5.74, 6) is 0.350. The number of phenolic OH excluding ortho intramolecular Hbond substituents is 1. The average Bonchev–Trinajstić information content (AvgIpc) is 2.78. The van der Waals surface area contributed by atoms with E-state index >= 15 is 0 Å². The van der Waals surface area contributed by atoms with E-state index in [0.29, 0.717) is 5.75 Å². The number of hydrogen-bond donors (Lipinski definition) is 1. The lowest BCUT2D eigenvalue weighted by Gasteiger charge is -2.36. The van der Waals surface area contributed by atoms with Crippen molar-refractivity contribution >= 4 is 29.2 Å². The third-order valence-corrected chi connectivity index (χ3v) is 4.86. The predicted molar refractivity (Wildman–Crippen MR) is 87.6 cm³/mol. The van der Waals surface area contributed by atoms with Crippen LogP contribution in [0.5, 0.6) is 5.75 Å². The number of para-hydroxylation sites is 2. The van der Waals surface area contributed by atoms with Crippen LogP contribution in [-0.2, 0) is 6.67 Å². The molecule has 1 N–H and O–H groups in total. The fraction of sp³-hybridized carbons (Fsp3) is 0.429. The normalized spacial score (nSPS) is 16.3. The Morgan fingerprint density at radius 1 is 1.24 bits per heavy atom. The summed E-state index contributed by atoms with van der Waals surface area (Å²) in [7, 11) is 0. The highest BCUT2D eigenvalue weighted by atomic mass is 32.1. The molecule has 21 heavy (non-hydrogen) atoms. The maximum absolute atomic E-state index is 9.92. The first-order chi connectivity index (χ1) is 10.1. The number of piperazine rings is 1. The Labute approximate surface area is 133 Å². The molecule has 0 amide bonds. The van der Waals surface area contributed by atoms with Crippen LogP contribution < -0.4 is 4.90 Å². The molecule has 1 fully saturated rings. The smallest absolute Gasteiger partial charge is 0.180 e. The van der Waals surface area contributed by atoms with Gasteiger partial charge in [-0.25, -0.2) is 4.68 Å². The summed E-state index contributed by atoms with van der Waals surface area (Å²) in [6.45, 7) is 6.40. The first-order valence-corrected chi connectivity index (χ1v) is 8.16. The Bertz CT molecular complexity index is 674. The van der Waals surface area contributed by atoms with E-state index in [1.807, 2.05) is 29.8 Å². The second kappa shape index (κ2) is 6.13. The van der Waals surface area contributed by atoms with Crippen molar-refractivity contribution in [3.8, 4) is 5.75 Å². The molecule has 2 aromatic rings. The van der Waals surface area contributed by atoms with Crippen molar-refractivity contribution in [2.45, 2.75) is 13.6 Å². The largest absolute Gasteiger partial charge is 0.506 e. The molecular weight excluding hydrogens is 304 g/mol. The van der Waals surface area contributed by atoms with Crippen molar-refractivity contribution in [2.75, 3.05) is 31.1 Å². The second-order valence-electron chi connectivity index (χ2n) is 5.12. The number of rotatable bonds is 3. The lowest BCUT2D eigenvalue weighted by molar-refractivity contribution is 0.194. The van der Waals surface area contributed by atoms with Gasteiger partial charge in [0.05, 0.1) is 12.4 Å². The number of phenols is 1. The van der Waals surface area contributed by atoms with E-state index in [1.54, 1.807) is 17.4 Å². The van der Waals surface area contributed by atoms with E-state index in [0.717, 1.165) is 47.5 Å². The molecule has 1 aromatic carbocycles. The van der Waals surface area contributed by atoms with E-state index in [4.69, 9.17) is 12.2 Å². The predicted octanol–water partition coefficient (Wildman–Crippen LogP) is 2.47. The van der Waals surface area contributed by atoms with Gasteiger partial charge in [0.15, 0.2) is 3.95 Å². The fourth-order valence-electron chi connectivity index (χ4n) is 2.55. The van der Waals surface area contributed by atoms with Crippen molar-refractivity contribution in [1.82, 2.24) is 14.7 Å². The highest BCUT2D eigenvalue weighted by Crippen LogP contribution is 2.27. The molecule has 0 atom stereocenters. The quantitative estimate of drug-likeness (QED) is 0.880. The van der Waals surface area contributed by atoms with Crippen LogP contribution in [0.2, 0.25) is 0 Å². The van der Waals surface area contributed by atoms with E-state index in [2.05, 4.69) is 14.9 Å². The maximum atomic E-state index is 9.92. The molecule has 5 nitrogen and oxygen atoms in total. The molecular formula is C14H18N4OS2. The minimum atomic E-state index is 0.350. The van der Waals surface area contributed by atoms with Gasteiger partial charge < -0.3 is 10.0 Å². The van der Waals surface area contributed by atoms with Crippen molar-refractivity contribution < 1.29 is 5.11 Å². The van der Waals surface area contributed by atoms with Crippen molar-refractivity contribution in [3.63, 3.8) is 0 Å². The van der Waals surface area contributed by atoms with Crippen LogP contribution in [0, 0.1) is 10.9 Å². The molecule has 1 saturated heterocycles. The van der Waals surface area contributed by atoms with Gasteiger partial charge in [-0.2, -0.15) is 5.10 Å². The molecule has 0 aliphatic carbocycles. The highest BCUT2D eigenvalue weighted by molar-refractivity contribution is 7.73. The van der Waals surface area contributed by atoms with E-state index in [9.17, 15) is 5.11 Å². The van der Waals surface area contributed by atoms with E-state index in [-0.39, 0.29) is 0 Å². The van der Waals surface area contributed by atoms with Gasteiger partial charge in [0.25, 0.3) is 0 Å². The lowest BCUT2D eigenvalue weighted by atomic mass is 10.2. The summed E-state index contributed by atoms with van der Waals surface area (Å²) < 4.78 is 2.72. The molecule has 3 rings (SSSR count). The van der Waals surface area contributed by atoms with Crippen LogP contribution in [0.1, 0.15) is 5.01 Å². The summed E-state index contributed by atoms with van der Waals surface area (Å²) >= 11 is 6.86. The maximum Gasteiger partial charge on any atom is 0.180 e. The van der Waals surface area contributed by atoms with E-state index < -0.39 is 0 Å². The van der Waals surface area contributed by atoms with Crippen LogP contribution in [0.25, 0.3) is 0 Å². The Balaban J connectivity index is 1.62. The second-order valence-corrected chi connectivity index (χ2v) is 6.95. The minimum Gasteiger partial charge on any atom is -0.506 e. The lowest BCUT2D eigenvalue weighted by Crippen LogP contribution is -2.47. The molecule has 0 spiro atoms. The van der Waals surface area contributed by atoms with Crippen LogP contribution >= 0.6 is 23.6 Å². The van der Waals surface area contributed by atoms with Crippen molar-refractivity contribution in [1.29, 1.82) is 0 Å². The SMILES string of the molecule is Cc1nn(CN2CCN(c3ccccc3O)CC2)c(=S)s1. The zero-order valence-corrected chi connectivity index (χ0v) is 13.5. The van der Waals surface area contributed by atoms with Crippen LogP contribution in [-0.4, -0.2) is 46.0 Å². The van der Waals surface area contributed by atoms with Crippen LogP contribution in [0.4, 0.5) is 5.69 Å². The van der Waals surface area contributed by atoms with Crippen molar-refractivity contribution in [3.05, 3.63) is 33.2 Å². The molecule has 1 aliphatic rings. The summed E-state index contributed by atoms with van der Waals surface area (Å²) in [5, 5.41) is 15.4. The molecule has 0 bridgehead atoms. The third kappa shape index (κ3) is 3.25. The number of anilines is 1. The molecule has 0 unspecified atom stereocenters. The van der Waals surface area contributed by atoms with Crippen LogP contribution in [0.15, 0.2) is 24.3 Å². The van der Waals surface area contributed by atoms with E-state index in [1.165, 1.54) is 0 Å². The summed E-state index contributed by atoms with van der Waals surface area (Å²) in [6, 6.07) is 7.50. The van der Waals surface area contributed by atoms with Gasteiger partial charge in [-0.15, -0.1) is 0 Å². The van der Waals surface area contributed by atoms with Gasteiger partial charge in [-0.3, -0.25) is 4.90 Å². The topological polar surface area (TPSA) is 44.5 Å². The number of aromatic hydroxyl groups is 1. The molecule has 0 saturated carbocycles. The van der Waals surface area contributed by atoms with Gasteiger partial charge in [0.1, 0.15) is 10.8 Å². The van der Waals surface area contributed by atoms with Crippen LogP contribution in [0.3, 0.4) is 0 Å². The monoisotopic (exact) mass is 322 g/mol. The molecule has 112 valence electrons. The zero-order chi connectivity index (χ0) is 14.8. The third-order valence-electron chi connectivity index (χ3n) is 3.64. The summed E-state index contributed by atoms with van der Waals surface area (Å²) in [5.41, 5.74) is 0.915. The molecule has 7 heteroatoms. The fourth-order valence-corrected chi connectivity index (χ4v) is 3.61. The summed E-state index contributed by atoms with van der Waals surface area (Å²) in [6.07, 6.45) is 0. The van der Waals surface area contributed by atoms with Gasteiger partial charge in [0.2, 0.25) is 0 Å². The highest BCUT2D eigenvalue weighted by Gasteiger charge is 2.19. The minimum absolute atomic E-state index is 0.350. The number of aromatic nitrogens is 2. The Morgan fingerprint density at radius 3 is 2.57 bits per heavy atom. The number of nitrogens with zero attached hydrogens (tertiary/aromatic N) is 4. The average molecular weight is 322 g/mol. The van der Waals surface area contributed by atoms with Gasteiger partial charge in [0, 0.05) is 26.2 Å². The standard InChI is InChI=1S/C14H18N4OS2/c1-11-15-18(14(20)21-11)10-16-6-8-17(9-7-16)12-4-2-3-5-13(12)19/h2-5,19H,6-10H2,1H3. The van der Waals surface area contributed by atoms with Gasteiger partial charge in [-0.1, -0.05) is 23.5 Å². The Hall–Kier alpha value is -1.44. The number of hydrogen-bond acceptors (Lipinski definition) is 6. The molecule has 1 aliphatic heterocycles. The van der Waals surface area contributed by atoms with Crippen molar-refractivity contribution in [2.24, 2.45) is 0 Å². The Morgan fingerprint density at radius 2 is 1.95 bits per heavy atom. The number of benzene rings is 1. The van der Waals surface area contributed by atoms with Gasteiger partial charge in [-0.05, 0) is 31.3 Å². The first-order valence-electron chi connectivity index (χ1n) is 6.93.